The van der Waals surface area contributed by atoms with Crippen molar-refractivity contribution in [1.29, 1.82) is 0 Å². The van der Waals surface area contributed by atoms with Crippen molar-refractivity contribution in [2.45, 2.75) is 26.0 Å². The second kappa shape index (κ2) is 10.3. The average Bonchev–Trinajstić information content (AvgIpc) is 2.65. The van der Waals surface area contributed by atoms with E-state index in [1.165, 1.54) is 0 Å². The highest BCUT2D eigenvalue weighted by Crippen LogP contribution is 2.23. The summed E-state index contributed by atoms with van der Waals surface area (Å²) < 4.78 is 10.5. The molecule has 152 valence electrons. The van der Waals surface area contributed by atoms with Gasteiger partial charge in [0.1, 0.15) is 11.5 Å². The van der Waals surface area contributed by atoms with Crippen LogP contribution >= 0.6 is 0 Å². The van der Waals surface area contributed by atoms with E-state index in [1.54, 1.807) is 25.3 Å². The number of hydrogen-bond donors (Lipinski definition) is 4. The molecule has 1 aliphatic rings. The van der Waals surface area contributed by atoms with Gasteiger partial charge in [-0.2, -0.15) is 0 Å². The van der Waals surface area contributed by atoms with Gasteiger partial charge in [0.25, 0.3) is 0 Å². The smallest absolute Gasteiger partial charge is 0.191 e. The lowest BCUT2D eigenvalue weighted by Crippen LogP contribution is -2.52. The standard InChI is InChI=1S/C19H32N4O4/c1-4-20-18(21-12-15-11-16(26-3)5-6-17(15)24)22-13-19(2,25)14-23-7-9-27-10-8-23/h5-6,11,24-25H,4,7-10,12-14H2,1-3H3,(H2,20,21,22). The Balaban J connectivity index is 1.94. The van der Waals surface area contributed by atoms with Gasteiger partial charge in [-0.1, -0.05) is 0 Å². The van der Waals surface area contributed by atoms with Crippen LogP contribution in [0.5, 0.6) is 11.5 Å². The Morgan fingerprint density at radius 2 is 2.07 bits per heavy atom. The van der Waals surface area contributed by atoms with Crippen LogP contribution in [-0.4, -0.2) is 79.7 Å². The summed E-state index contributed by atoms with van der Waals surface area (Å²) in [5.74, 6) is 1.43. The summed E-state index contributed by atoms with van der Waals surface area (Å²) in [6, 6.07) is 5.06. The molecule has 2 rings (SSSR count). The first kappa shape index (κ1) is 21.3. The van der Waals surface area contributed by atoms with E-state index in [4.69, 9.17) is 9.47 Å². The Labute approximate surface area is 161 Å². The molecule has 1 heterocycles. The van der Waals surface area contributed by atoms with Gasteiger partial charge in [-0.3, -0.25) is 4.90 Å². The molecule has 0 amide bonds. The minimum atomic E-state index is -0.897. The van der Waals surface area contributed by atoms with Crippen molar-refractivity contribution in [1.82, 2.24) is 15.5 Å². The molecule has 4 N–H and O–H groups in total. The quantitative estimate of drug-likeness (QED) is 0.386. The molecule has 1 saturated heterocycles. The lowest BCUT2D eigenvalue weighted by Gasteiger charge is -2.34. The van der Waals surface area contributed by atoms with Crippen LogP contribution in [0.4, 0.5) is 0 Å². The summed E-state index contributed by atoms with van der Waals surface area (Å²) in [7, 11) is 1.58. The number of ether oxygens (including phenoxy) is 2. The van der Waals surface area contributed by atoms with Crippen molar-refractivity contribution in [3.8, 4) is 11.5 Å². The topological polar surface area (TPSA) is 98.6 Å². The highest BCUT2D eigenvalue weighted by molar-refractivity contribution is 5.79. The van der Waals surface area contributed by atoms with Crippen molar-refractivity contribution < 1.29 is 19.7 Å². The van der Waals surface area contributed by atoms with Gasteiger partial charge in [-0.25, -0.2) is 4.99 Å². The molecule has 0 saturated carbocycles. The van der Waals surface area contributed by atoms with E-state index in [2.05, 4.69) is 20.5 Å². The molecule has 0 bridgehead atoms. The fourth-order valence-electron chi connectivity index (χ4n) is 2.89. The van der Waals surface area contributed by atoms with Gasteiger partial charge in [0.05, 0.1) is 32.5 Å². The first-order valence-electron chi connectivity index (χ1n) is 9.34. The lowest BCUT2D eigenvalue weighted by atomic mass is 10.1. The number of phenolic OH excluding ortho intramolecular Hbond substituents is 1. The molecule has 1 atom stereocenters. The average molecular weight is 380 g/mol. The highest BCUT2D eigenvalue weighted by Gasteiger charge is 2.25. The zero-order valence-corrected chi connectivity index (χ0v) is 16.5. The van der Waals surface area contributed by atoms with Crippen LogP contribution in [0.2, 0.25) is 0 Å². The summed E-state index contributed by atoms with van der Waals surface area (Å²) >= 11 is 0. The largest absolute Gasteiger partial charge is 0.508 e. The summed E-state index contributed by atoms with van der Waals surface area (Å²) in [5.41, 5.74) is -0.224. The van der Waals surface area contributed by atoms with Gasteiger partial charge in [0.15, 0.2) is 5.96 Å². The predicted molar refractivity (Wildman–Crippen MR) is 105 cm³/mol. The van der Waals surface area contributed by atoms with Crippen molar-refractivity contribution in [2.75, 3.05) is 53.0 Å². The fourth-order valence-corrected chi connectivity index (χ4v) is 2.89. The molecule has 0 radical (unpaired) electrons. The maximum Gasteiger partial charge on any atom is 0.191 e. The molecule has 0 aromatic heterocycles. The Morgan fingerprint density at radius 3 is 2.74 bits per heavy atom. The van der Waals surface area contributed by atoms with E-state index < -0.39 is 5.60 Å². The minimum absolute atomic E-state index is 0.176. The number of aromatic hydroxyl groups is 1. The number of rotatable bonds is 8. The number of nitrogens with zero attached hydrogens (tertiary/aromatic N) is 2. The number of morpholine rings is 1. The predicted octanol–water partition coefficient (Wildman–Crippen LogP) is 0.539. The molecule has 0 spiro atoms. The fraction of sp³-hybridized carbons (Fsp3) is 0.632. The number of hydrogen-bond acceptors (Lipinski definition) is 6. The van der Waals surface area contributed by atoms with Crippen LogP contribution in [0.3, 0.4) is 0 Å². The number of aliphatic hydroxyl groups is 1. The third kappa shape index (κ3) is 7.24. The van der Waals surface area contributed by atoms with Crippen molar-refractivity contribution in [3.05, 3.63) is 23.8 Å². The Kier molecular flexibility index (Phi) is 8.15. The first-order chi connectivity index (χ1) is 12.9. The van der Waals surface area contributed by atoms with E-state index in [0.29, 0.717) is 56.7 Å². The molecule has 1 fully saturated rings. The van der Waals surface area contributed by atoms with Gasteiger partial charge < -0.3 is 30.3 Å². The summed E-state index contributed by atoms with van der Waals surface area (Å²) in [6.45, 7) is 8.79. The van der Waals surface area contributed by atoms with Gasteiger partial charge >= 0.3 is 0 Å². The van der Waals surface area contributed by atoms with Crippen LogP contribution in [0, 0.1) is 0 Å². The van der Waals surface area contributed by atoms with Crippen LogP contribution in [0.25, 0.3) is 0 Å². The zero-order valence-electron chi connectivity index (χ0n) is 16.5. The summed E-state index contributed by atoms with van der Waals surface area (Å²) in [5, 5.41) is 27.0. The number of methoxy groups -OCH3 is 1. The molecular weight excluding hydrogens is 348 g/mol. The second-order valence-electron chi connectivity index (χ2n) is 6.93. The lowest BCUT2D eigenvalue weighted by molar-refractivity contribution is -0.0201. The molecule has 27 heavy (non-hydrogen) atoms. The number of aliphatic imine (C=N–C) groups is 1. The highest BCUT2D eigenvalue weighted by atomic mass is 16.5. The van der Waals surface area contributed by atoms with Gasteiger partial charge in [0.2, 0.25) is 0 Å². The monoisotopic (exact) mass is 380 g/mol. The number of guanidine groups is 1. The molecular formula is C19H32N4O4. The maximum atomic E-state index is 10.7. The van der Waals surface area contributed by atoms with Crippen LogP contribution in [0.1, 0.15) is 19.4 Å². The number of phenols is 1. The minimum Gasteiger partial charge on any atom is -0.508 e. The van der Waals surface area contributed by atoms with E-state index in [9.17, 15) is 10.2 Å². The Morgan fingerprint density at radius 1 is 1.33 bits per heavy atom. The van der Waals surface area contributed by atoms with Gasteiger partial charge in [0, 0.05) is 38.3 Å². The molecule has 1 aromatic rings. The van der Waals surface area contributed by atoms with Crippen molar-refractivity contribution in [3.63, 3.8) is 0 Å². The third-order valence-corrected chi connectivity index (χ3v) is 4.34. The molecule has 8 heteroatoms. The first-order valence-corrected chi connectivity index (χ1v) is 9.34. The Hall–Kier alpha value is -2.03. The molecule has 1 aliphatic heterocycles. The van der Waals surface area contributed by atoms with Crippen molar-refractivity contribution in [2.24, 2.45) is 4.99 Å². The van der Waals surface area contributed by atoms with Gasteiger partial charge in [-0.15, -0.1) is 0 Å². The van der Waals surface area contributed by atoms with E-state index in [1.807, 2.05) is 13.8 Å². The number of nitrogens with one attached hydrogen (secondary N) is 2. The molecule has 8 nitrogen and oxygen atoms in total. The van der Waals surface area contributed by atoms with Crippen molar-refractivity contribution >= 4 is 5.96 Å². The van der Waals surface area contributed by atoms with Crippen LogP contribution in [-0.2, 0) is 11.3 Å². The number of β-amino-alcohol motifs (C(OH)–C–C–N with tert-alkyl or cyclic N) is 1. The molecule has 1 unspecified atom stereocenters. The number of benzene rings is 1. The maximum absolute atomic E-state index is 10.7. The normalized spacial score (nSPS) is 18.0. The van der Waals surface area contributed by atoms with E-state index in [-0.39, 0.29) is 5.75 Å². The van der Waals surface area contributed by atoms with Crippen LogP contribution < -0.4 is 15.4 Å². The van der Waals surface area contributed by atoms with E-state index >= 15 is 0 Å². The SMILES string of the molecule is CCNC(=NCc1cc(OC)ccc1O)NCC(C)(O)CN1CCOCC1. The summed E-state index contributed by atoms with van der Waals surface area (Å²) in [4.78, 5) is 6.70. The Bertz CT molecular complexity index is 616. The summed E-state index contributed by atoms with van der Waals surface area (Å²) in [6.07, 6.45) is 0. The van der Waals surface area contributed by atoms with Crippen LogP contribution in [0.15, 0.2) is 23.2 Å². The van der Waals surface area contributed by atoms with E-state index in [0.717, 1.165) is 13.1 Å². The zero-order chi connectivity index (χ0) is 19.7. The third-order valence-electron chi connectivity index (χ3n) is 4.34. The van der Waals surface area contributed by atoms with Gasteiger partial charge in [-0.05, 0) is 32.0 Å². The molecule has 0 aliphatic carbocycles. The second-order valence-corrected chi connectivity index (χ2v) is 6.93. The molecule has 1 aromatic carbocycles.